The molecular weight excluding hydrogens is 247 g/mol. The molecule has 5 nitrogen and oxygen atoms in total. The molecule has 0 aliphatic heterocycles. The molecule has 2 heterocycles. The van der Waals surface area contributed by atoms with Crippen molar-refractivity contribution in [2.45, 2.75) is 25.2 Å². The third-order valence-corrected chi connectivity index (χ3v) is 3.69. The first-order valence-corrected chi connectivity index (χ1v) is 6.28. The lowest BCUT2D eigenvalue weighted by Gasteiger charge is -2.20. The van der Waals surface area contributed by atoms with Gasteiger partial charge in [0.1, 0.15) is 5.82 Å². The molecule has 2 aromatic heterocycles. The van der Waals surface area contributed by atoms with Gasteiger partial charge in [-0.15, -0.1) is 0 Å². The number of nitrogens with zero attached hydrogens (tertiary/aromatic N) is 3. The largest absolute Gasteiger partial charge is 0.339 e. The number of nitrogens with one attached hydrogen (secondary N) is 1. The quantitative estimate of drug-likeness (QED) is 0.767. The third-order valence-electron chi connectivity index (χ3n) is 3.69. The molecule has 96 valence electrons. The Balaban J connectivity index is 1.86. The summed E-state index contributed by atoms with van der Waals surface area (Å²) in [7, 11) is 0. The zero-order valence-electron chi connectivity index (χ0n) is 10.1. The Morgan fingerprint density at radius 3 is 3.00 bits per heavy atom. The van der Waals surface area contributed by atoms with Gasteiger partial charge in [-0.05, 0) is 25.0 Å². The van der Waals surface area contributed by atoms with E-state index in [1.807, 2.05) is 0 Å². The molecule has 0 radical (unpaired) electrons. The van der Waals surface area contributed by atoms with E-state index >= 15 is 0 Å². The second-order valence-corrected chi connectivity index (χ2v) is 4.84. The number of rotatable bonds is 2. The standard InChI is InChI=1S/C13H11FN4O/c14-9-4-5-10-8(6-15-17-10)11(9)12-16-13(19-18-12)7-2-1-3-7/h4-7H,1-3H2,(H,15,17). The number of halogens is 1. The van der Waals surface area contributed by atoms with Crippen molar-refractivity contribution in [3.8, 4) is 11.4 Å². The number of benzene rings is 1. The zero-order valence-corrected chi connectivity index (χ0v) is 10.1. The molecule has 1 aromatic carbocycles. The van der Waals surface area contributed by atoms with Crippen LogP contribution in [0, 0.1) is 5.82 Å². The Morgan fingerprint density at radius 2 is 2.21 bits per heavy atom. The van der Waals surface area contributed by atoms with E-state index in [1.165, 1.54) is 12.5 Å². The Hall–Kier alpha value is -2.24. The Kier molecular flexibility index (Phi) is 2.18. The van der Waals surface area contributed by atoms with Crippen LogP contribution in [0.2, 0.25) is 0 Å². The molecule has 1 aliphatic carbocycles. The van der Waals surface area contributed by atoms with Crippen molar-refractivity contribution in [3.63, 3.8) is 0 Å². The minimum absolute atomic E-state index is 0.298. The van der Waals surface area contributed by atoms with Gasteiger partial charge in [0.05, 0.1) is 17.3 Å². The monoisotopic (exact) mass is 258 g/mol. The molecule has 1 saturated carbocycles. The maximum absolute atomic E-state index is 14.0. The number of aromatic nitrogens is 4. The molecule has 1 aliphatic rings. The van der Waals surface area contributed by atoms with Gasteiger partial charge in [0.2, 0.25) is 11.7 Å². The van der Waals surface area contributed by atoms with E-state index in [0.717, 1.165) is 18.4 Å². The van der Waals surface area contributed by atoms with Crippen LogP contribution in [0.4, 0.5) is 4.39 Å². The predicted octanol–water partition coefficient (Wildman–Crippen LogP) is 3.02. The normalized spacial score (nSPS) is 15.8. The fourth-order valence-electron chi connectivity index (χ4n) is 2.38. The number of hydrogen-bond donors (Lipinski definition) is 1. The highest BCUT2D eigenvalue weighted by atomic mass is 19.1. The third kappa shape index (κ3) is 1.56. The second kappa shape index (κ2) is 3.88. The average Bonchev–Trinajstić information content (AvgIpc) is 2.95. The molecule has 6 heteroatoms. The van der Waals surface area contributed by atoms with Crippen molar-refractivity contribution < 1.29 is 8.91 Å². The first-order valence-electron chi connectivity index (χ1n) is 6.28. The van der Waals surface area contributed by atoms with Crippen LogP contribution in [0.5, 0.6) is 0 Å². The van der Waals surface area contributed by atoms with Crippen LogP contribution in [-0.4, -0.2) is 20.3 Å². The van der Waals surface area contributed by atoms with Crippen LogP contribution in [-0.2, 0) is 0 Å². The summed E-state index contributed by atoms with van der Waals surface area (Å²) in [5.74, 6) is 0.885. The van der Waals surface area contributed by atoms with E-state index in [9.17, 15) is 4.39 Å². The average molecular weight is 258 g/mol. The molecule has 1 N–H and O–H groups in total. The van der Waals surface area contributed by atoms with Gasteiger partial charge in [-0.25, -0.2) is 4.39 Å². The molecule has 0 bridgehead atoms. The van der Waals surface area contributed by atoms with Crippen LogP contribution in [0.3, 0.4) is 0 Å². The molecular formula is C13H11FN4O. The lowest BCUT2D eigenvalue weighted by molar-refractivity contribution is 0.292. The van der Waals surface area contributed by atoms with E-state index < -0.39 is 0 Å². The maximum atomic E-state index is 14.0. The van der Waals surface area contributed by atoms with Crippen LogP contribution < -0.4 is 0 Å². The molecule has 0 atom stereocenters. The summed E-state index contributed by atoms with van der Waals surface area (Å²) in [6, 6.07) is 3.03. The summed E-state index contributed by atoms with van der Waals surface area (Å²) in [4.78, 5) is 4.33. The van der Waals surface area contributed by atoms with Crippen molar-refractivity contribution in [2.24, 2.45) is 0 Å². The minimum atomic E-state index is -0.366. The van der Waals surface area contributed by atoms with Crippen LogP contribution in [0.15, 0.2) is 22.9 Å². The number of H-pyrrole nitrogens is 1. The van der Waals surface area contributed by atoms with E-state index in [2.05, 4.69) is 20.3 Å². The van der Waals surface area contributed by atoms with Crippen molar-refractivity contribution in [1.29, 1.82) is 0 Å². The smallest absolute Gasteiger partial charge is 0.230 e. The number of hydrogen-bond acceptors (Lipinski definition) is 4. The summed E-state index contributed by atoms with van der Waals surface area (Å²) >= 11 is 0. The molecule has 0 amide bonds. The second-order valence-electron chi connectivity index (χ2n) is 4.84. The van der Waals surface area contributed by atoms with Crippen LogP contribution in [0.25, 0.3) is 22.3 Å². The van der Waals surface area contributed by atoms with E-state index in [-0.39, 0.29) is 5.82 Å². The number of fused-ring (bicyclic) bond motifs is 1. The van der Waals surface area contributed by atoms with E-state index in [1.54, 1.807) is 12.3 Å². The van der Waals surface area contributed by atoms with Crippen molar-refractivity contribution >= 4 is 10.9 Å². The van der Waals surface area contributed by atoms with Gasteiger partial charge in [0.25, 0.3) is 0 Å². The number of aromatic amines is 1. The Labute approximate surface area is 107 Å². The SMILES string of the molecule is Fc1ccc2[nH]ncc2c1-c1noc(C2CCC2)n1. The predicted molar refractivity (Wildman–Crippen MR) is 65.9 cm³/mol. The van der Waals surface area contributed by atoms with E-state index in [0.29, 0.717) is 28.6 Å². The fourth-order valence-corrected chi connectivity index (χ4v) is 2.38. The molecule has 1 fully saturated rings. The molecule has 0 saturated heterocycles. The molecule has 3 aromatic rings. The lowest BCUT2D eigenvalue weighted by Crippen LogP contribution is -2.08. The minimum Gasteiger partial charge on any atom is -0.339 e. The fraction of sp³-hybridized carbons (Fsp3) is 0.308. The van der Waals surface area contributed by atoms with Crippen LogP contribution >= 0.6 is 0 Å². The summed E-state index contributed by atoms with van der Waals surface area (Å²) in [5.41, 5.74) is 1.10. The Bertz CT molecular complexity index is 744. The van der Waals surface area contributed by atoms with Gasteiger partial charge in [0.15, 0.2) is 0 Å². The van der Waals surface area contributed by atoms with Gasteiger partial charge >= 0.3 is 0 Å². The zero-order chi connectivity index (χ0) is 12.8. The highest BCUT2D eigenvalue weighted by Crippen LogP contribution is 2.37. The summed E-state index contributed by atoms with van der Waals surface area (Å²) < 4.78 is 19.3. The summed E-state index contributed by atoms with van der Waals surface area (Å²) in [6.45, 7) is 0. The topological polar surface area (TPSA) is 67.6 Å². The Morgan fingerprint density at radius 1 is 1.32 bits per heavy atom. The van der Waals surface area contributed by atoms with Crippen molar-refractivity contribution in [2.75, 3.05) is 0 Å². The van der Waals surface area contributed by atoms with Gasteiger partial charge in [-0.3, -0.25) is 5.10 Å². The van der Waals surface area contributed by atoms with Crippen molar-refractivity contribution in [3.05, 3.63) is 30.0 Å². The molecule has 0 spiro atoms. The molecule has 0 unspecified atom stereocenters. The van der Waals surface area contributed by atoms with Gasteiger partial charge in [-0.1, -0.05) is 11.6 Å². The van der Waals surface area contributed by atoms with Crippen molar-refractivity contribution in [1.82, 2.24) is 20.3 Å². The summed E-state index contributed by atoms with van der Waals surface area (Å²) in [5, 5.41) is 11.3. The highest BCUT2D eigenvalue weighted by molar-refractivity contribution is 5.92. The van der Waals surface area contributed by atoms with Gasteiger partial charge in [-0.2, -0.15) is 10.1 Å². The van der Waals surface area contributed by atoms with Gasteiger partial charge in [0, 0.05) is 11.3 Å². The molecule has 19 heavy (non-hydrogen) atoms. The van der Waals surface area contributed by atoms with Gasteiger partial charge < -0.3 is 4.52 Å². The van der Waals surface area contributed by atoms with E-state index in [4.69, 9.17) is 4.52 Å². The van der Waals surface area contributed by atoms with Crippen LogP contribution in [0.1, 0.15) is 31.1 Å². The first-order chi connectivity index (χ1) is 9.33. The highest BCUT2D eigenvalue weighted by Gasteiger charge is 2.26. The molecule has 4 rings (SSSR count). The first kappa shape index (κ1) is 10.7. The summed E-state index contributed by atoms with van der Waals surface area (Å²) in [6.07, 6.45) is 4.90. The lowest BCUT2D eigenvalue weighted by atomic mass is 9.85. The maximum Gasteiger partial charge on any atom is 0.230 e.